The van der Waals surface area contributed by atoms with Crippen molar-refractivity contribution in [3.63, 3.8) is 0 Å². The van der Waals surface area contributed by atoms with E-state index in [-0.39, 0.29) is 0 Å². The summed E-state index contributed by atoms with van der Waals surface area (Å²) < 4.78 is 6.40. The zero-order chi connectivity index (χ0) is 40.8. The van der Waals surface area contributed by atoms with Crippen molar-refractivity contribution in [2.24, 2.45) is 0 Å². The van der Waals surface area contributed by atoms with Gasteiger partial charge in [-0.05, 0) is 103 Å². The van der Waals surface area contributed by atoms with Gasteiger partial charge in [-0.25, -0.2) is 9.97 Å². The van der Waals surface area contributed by atoms with Crippen molar-refractivity contribution >= 4 is 21.9 Å². The lowest BCUT2D eigenvalue weighted by atomic mass is 9.66. The normalized spacial score (nSPS) is 13.0. The van der Waals surface area contributed by atoms with Gasteiger partial charge in [0.1, 0.15) is 11.2 Å². The molecule has 62 heavy (non-hydrogen) atoms. The van der Waals surface area contributed by atoms with Gasteiger partial charge in [0.25, 0.3) is 0 Å². The zero-order valence-corrected chi connectivity index (χ0v) is 33.6. The summed E-state index contributed by atoms with van der Waals surface area (Å²) in [5, 5.41) is 2.19. The number of aromatic nitrogens is 2. The second-order valence-corrected chi connectivity index (χ2v) is 16.4. The number of para-hydroxylation sites is 1. The Morgan fingerprint density at radius 2 is 0.790 bits per heavy atom. The first kappa shape index (κ1) is 34.7. The maximum absolute atomic E-state index is 6.40. The third-order valence-corrected chi connectivity index (χ3v) is 13.1. The summed E-state index contributed by atoms with van der Waals surface area (Å²) in [6.07, 6.45) is 0. The number of fused-ring (bicyclic) bond motifs is 15. The van der Waals surface area contributed by atoms with Gasteiger partial charge in [-0.2, -0.15) is 0 Å². The van der Waals surface area contributed by atoms with Gasteiger partial charge in [0.15, 0.2) is 5.82 Å². The number of nitrogens with zero attached hydrogens (tertiary/aromatic N) is 2. The summed E-state index contributed by atoms with van der Waals surface area (Å²) in [5.74, 6) is 0.663. The molecule has 9 aromatic carbocycles. The van der Waals surface area contributed by atoms with E-state index < -0.39 is 5.41 Å². The van der Waals surface area contributed by atoms with Crippen LogP contribution in [0.4, 0.5) is 0 Å². The smallest absolute Gasteiger partial charge is 0.160 e. The first-order valence-corrected chi connectivity index (χ1v) is 21.2. The van der Waals surface area contributed by atoms with Crippen LogP contribution in [-0.2, 0) is 5.41 Å². The number of hydrogen-bond donors (Lipinski definition) is 0. The Kier molecular flexibility index (Phi) is 7.52. The first-order chi connectivity index (χ1) is 30.7. The molecule has 3 heteroatoms. The Bertz CT molecular complexity index is 3550. The summed E-state index contributed by atoms with van der Waals surface area (Å²) in [5.41, 5.74) is 20.6. The molecule has 2 aliphatic carbocycles. The van der Waals surface area contributed by atoms with Gasteiger partial charge < -0.3 is 4.42 Å². The number of benzene rings is 9. The lowest BCUT2D eigenvalue weighted by molar-refractivity contribution is 0.669. The van der Waals surface area contributed by atoms with Gasteiger partial charge in [0.2, 0.25) is 0 Å². The third-order valence-electron chi connectivity index (χ3n) is 13.1. The van der Waals surface area contributed by atoms with Gasteiger partial charge in [-0.15, -0.1) is 0 Å². The van der Waals surface area contributed by atoms with E-state index in [1.54, 1.807) is 0 Å². The van der Waals surface area contributed by atoms with Crippen molar-refractivity contribution in [1.82, 2.24) is 9.97 Å². The summed E-state index contributed by atoms with van der Waals surface area (Å²) in [4.78, 5) is 10.8. The summed E-state index contributed by atoms with van der Waals surface area (Å²) in [7, 11) is 0. The van der Waals surface area contributed by atoms with Crippen LogP contribution in [0.15, 0.2) is 223 Å². The van der Waals surface area contributed by atoms with Crippen LogP contribution in [0.1, 0.15) is 22.3 Å². The second-order valence-electron chi connectivity index (χ2n) is 16.4. The lowest BCUT2D eigenvalue weighted by Gasteiger charge is -2.35. The van der Waals surface area contributed by atoms with Gasteiger partial charge in [0.05, 0.1) is 16.8 Å². The Balaban J connectivity index is 1.07. The Morgan fingerprint density at radius 1 is 0.290 bits per heavy atom. The highest BCUT2D eigenvalue weighted by Crippen LogP contribution is 2.61. The third kappa shape index (κ3) is 5.06. The van der Waals surface area contributed by atoms with E-state index >= 15 is 0 Å². The van der Waals surface area contributed by atoms with Gasteiger partial charge in [-0.1, -0.05) is 182 Å². The molecule has 2 heterocycles. The molecule has 0 radical (unpaired) electrons. The summed E-state index contributed by atoms with van der Waals surface area (Å²) in [6, 6.07) is 78.7. The molecule has 0 unspecified atom stereocenters. The molecule has 1 spiro atoms. The molecule has 0 fully saturated rings. The summed E-state index contributed by atoms with van der Waals surface area (Å²) in [6.45, 7) is 0. The number of hydrogen-bond acceptors (Lipinski definition) is 3. The molecule has 0 N–H and O–H groups in total. The van der Waals surface area contributed by atoms with E-state index in [1.807, 2.05) is 12.1 Å². The molecule has 0 saturated heterocycles. The Hall–Kier alpha value is -8.14. The molecule has 2 aromatic heterocycles. The average Bonchev–Trinajstić information content (AvgIpc) is 3.84. The van der Waals surface area contributed by atoms with E-state index in [0.717, 1.165) is 61.1 Å². The predicted molar refractivity (Wildman–Crippen MR) is 253 cm³/mol. The fourth-order valence-corrected chi connectivity index (χ4v) is 10.4. The number of rotatable bonds is 4. The molecular weight excluding hydrogens is 753 g/mol. The Labute approximate surface area is 359 Å². The largest absolute Gasteiger partial charge is 0.456 e. The van der Waals surface area contributed by atoms with Crippen LogP contribution in [0.25, 0.3) is 100 Å². The van der Waals surface area contributed by atoms with Crippen LogP contribution < -0.4 is 0 Å². The SMILES string of the molecule is c1ccc(-c2cccc(-c3cc(-c4ccc5c(c4)oc4ccccc45)nc(-c4ccc5c(c4)-c4ccccc4-c4ccccc4C54c5ccccc5-c5ccccc54)n3)c2)cc1. The van der Waals surface area contributed by atoms with Crippen molar-refractivity contribution in [3.05, 3.63) is 241 Å². The highest BCUT2D eigenvalue weighted by molar-refractivity contribution is 6.06. The van der Waals surface area contributed by atoms with Crippen LogP contribution in [0, 0.1) is 0 Å². The quantitative estimate of drug-likeness (QED) is 0.178. The maximum atomic E-state index is 6.40. The molecular formula is C59H36N2O. The first-order valence-electron chi connectivity index (χ1n) is 21.2. The van der Waals surface area contributed by atoms with Crippen LogP contribution in [0.2, 0.25) is 0 Å². The minimum Gasteiger partial charge on any atom is -0.456 e. The fraction of sp³-hybridized carbons (Fsp3) is 0.0169. The van der Waals surface area contributed by atoms with E-state index in [4.69, 9.17) is 14.4 Å². The molecule has 11 aromatic rings. The van der Waals surface area contributed by atoms with E-state index in [0.29, 0.717) is 5.82 Å². The topological polar surface area (TPSA) is 38.9 Å². The van der Waals surface area contributed by atoms with Crippen molar-refractivity contribution in [2.45, 2.75) is 5.41 Å². The van der Waals surface area contributed by atoms with Crippen LogP contribution in [0.5, 0.6) is 0 Å². The second kappa shape index (κ2) is 13.4. The monoisotopic (exact) mass is 788 g/mol. The zero-order valence-electron chi connectivity index (χ0n) is 33.6. The molecule has 0 saturated carbocycles. The molecule has 3 nitrogen and oxygen atoms in total. The standard InChI is InChI=1S/C59H36N2O/c1-2-15-37(16-3-1)38-17-14-18-39(33-38)54-36-55(40-29-31-48-47-24-9-13-28-56(47)62-57(48)35-40)61-58(60-54)41-30-32-53-49(34-41)43-20-5-4-19-42(43)44-21-6-10-25-50(44)59(53)51-26-11-7-22-45(51)46-23-8-12-27-52(46)59/h1-36H. The van der Waals surface area contributed by atoms with Crippen LogP contribution >= 0.6 is 0 Å². The van der Waals surface area contributed by atoms with Gasteiger partial charge >= 0.3 is 0 Å². The van der Waals surface area contributed by atoms with E-state index in [2.05, 4.69) is 206 Å². The van der Waals surface area contributed by atoms with E-state index in [9.17, 15) is 0 Å². The van der Waals surface area contributed by atoms with Crippen molar-refractivity contribution in [2.75, 3.05) is 0 Å². The minimum absolute atomic E-state index is 0.551. The van der Waals surface area contributed by atoms with Crippen LogP contribution in [-0.4, -0.2) is 9.97 Å². The van der Waals surface area contributed by atoms with Crippen molar-refractivity contribution < 1.29 is 4.42 Å². The average molecular weight is 789 g/mol. The molecule has 0 amide bonds. The summed E-state index contributed by atoms with van der Waals surface area (Å²) >= 11 is 0. The lowest BCUT2D eigenvalue weighted by Crippen LogP contribution is -2.29. The number of furan rings is 1. The molecule has 13 rings (SSSR count). The van der Waals surface area contributed by atoms with Crippen molar-refractivity contribution in [3.8, 4) is 78.4 Å². The van der Waals surface area contributed by atoms with Gasteiger partial charge in [0, 0.05) is 27.5 Å². The predicted octanol–water partition coefficient (Wildman–Crippen LogP) is 15.1. The highest BCUT2D eigenvalue weighted by atomic mass is 16.3. The van der Waals surface area contributed by atoms with Crippen LogP contribution in [0.3, 0.4) is 0 Å². The minimum atomic E-state index is -0.551. The molecule has 0 atom stereocenters. The van der Waals surface area contributed by atoms with Gasteiger partial charge in [-0.3, -0.25) is 0 Å². The molecule has 0 bridgehead atoms. The molecule has 288 valence electrons. The van der Waals surface area contributed by atoms with E-state index in [1.165, 1.54) is 55.6 Å². The Morgan fingerprint density at radius 3 is 1.50 bits per heavy atom. The highest BCUT2D eigenvalue weighted by Gasteiger charge is 2.49. The fourth-order valence-electron chi connectivity index (χ4n) is 10.4. The molecule has 0 aliphatic heterocycles. The van der Waals surface area contributed by atoms with Crippen molar-refractivity contribution in [1.29, 1.82) is 0 Å². The maximum Gasteiger partial charge on any atom is 0.160 e. The molecule has 2 aliphatic rings.